The number of halogens is 3. The molecule has 2 aromatic rings. The fraction of sp³-hybridized carbons (Fsp3) is 0.154. The van der Waals surface area contributed by atoms with Gasteiger partial charge in [-0.15, -0.1) is 11.3 Å². The third-order valence-electron chi connectivity index (χ3n) is 2.51. The molecule has 1 heterocycles. The van der Waals surface area contributed by atoms with Gasteiger partial charge in [0.1, 0.15) is 5.82 Å². The number of rotatable bonds is 4. The number of amides is 1. The Bertz CT molecular complexity index is 643. The number of hydrogen-bond donors (Lipinski definition) is 2. The molecule has 0 aliphatic heterocycles. The van der Waals surface area contributed by atoms with E-state index in [1.54, 1.807) is 11.4 Å². The summed E-state index contributed by atoms with van der Waals surface area (Å²) in [5.41, 5.74) is 0.476. The first-order chi connectivity index (χ1) is 9.47. The minimum absolute atomic E-state index is 0.133. The van der Waals surface area contributed by atoms with Crippen LogP contribution in [0.2, 0.25) is 0 Å². The third-order valence-corrected chi connectivity index (χ3v) is 3.43. The van der Waals surface area contributed by atoms with Crippen molar-refractivity contribution in [3.05, 3.63) is 45.9 Å². The monoisotopic (exact) mass is 300 g/mol. The van der Waals surface area contributed by atoms with Crippen LogP contribution in [-0.2, 0) is 11.3 Å². The van der Waals surface area contributed by atoms with Gasteiger partial charge >= 0.3 is 0 Å². The quantitative estimate of drug-likeness (QED) is 0.845. The fourth-order valence-electron chi connectivity index (χ4n) is 1.61. The standard InChI is InChI=1S/C13H11F3N2OS/c1-7(19)18-11-2-3-20-13(11)6-17-12-5-9(15)8(14)4-10(12)16/h2-5,17H,6H2,1H3,(H,18,19). The van der Waals surface area contributed by atoms with Crippen LogP contribution in [-0.4, -0.2) is 5.91 Å². The molecule has 0 unspecified atom stereocenters. The number of thiophene rings is 1. The van der Waals surface area contributed by atoms with Gasteiger partial charge in [0.15, 0.2) is 11.6 Å². The minimum atomic E-state index is -1.23. The van der Waals surface area contributed by atoms with Crippen LogP contribution in [0, 0.1) is 17.5 Å². The molecule has 0 bridgehead atoms. The second-order valence-electron chi connectivity index (χ2n) is 4.04. The number of hydrogen-bond acceptors (Lipinski definition) is 3. The smallest absolute Gasteiger partial charge is 0.221 e. The molecule has 0 radical (unpaired) electrons. The molecule has 20 heavy (non-hydrogen) atoms. The van der Waals surface area contributed by atoms with Crippen LogP contribution in [0.5, 0.6) is 0 Å². The highest BCUT2D eigenvalue weighted by molar-refractivity contribution is 7.10. The van der Waals surface area contributed by atoms with Crippen molar-refractivity contribution < 1.29 is 18.0 Å². The zero-order valence-corrected chi connectivity index (χ0v) is 11.3. The van der Waals surface area contributed by atoms with Crippen molar-refractivity contribution in [3.8, 4) is 0 Å². The van der Waals surface area contributed by atoms with E-state index in [2.05, 4.69) is 10.6 Å². The van der Waals surface area contributed by atoms with Crippen LogP contribution >= 0.6 is 11.3 Å². The molecule has 1 amide bonds. The lowest BCUT2D eigenvalue weighted by molar-refractivity contribution is -0.114. The second kappa shape index (κ2) is 5.96. The Morgan fingerprint density at radius 2 is 1.85 bits per heavy atom. The molecule has 0 saturated heterocycles. The predicted molar refractivity (Wildman–Crippen MR) is 72.3 cm³/mol. The Morgan fingerprint density at radius 3 is 2.55 bits per heavy atom. The van der Waals surface area contributed by atoms with Crippen molar-refractivity contribution in [1.29, 1.82) is 0 Å². The average Bonchev–Trinajstić information content (AvgIpc) is 2.79. The summed E-state index contributed by atoms with van der Waals surface area (Å²) in [5, 5.41) is 7.07. The first-order valence-electron chi connectivity index (χ1n) is 5.69. The molecule has 0 fully saturated rings. The summed E-state index contributed by atoms with van der Waals surface area (Å²) >= 11 is 1.36. The predicted octanol–water partition coefficient (Wildman–Crippen LogP) is 3.74. The van der Waals surface area contributed by atoms with Crippen LogP contribution in [0.1, 0.15) is 11.8 Å². The van der Waals surface area contributed by atoms with E-state index in [4.69, 9.17) is 0 Å². The van der Waals surface area contributed by atoms with Crippen LogP contribution in [0.4, 0.5) is 24.5 Å². The summed E-state index contributed by atoms with van der Waals surface area (Å²) in [6.45, 7) is 1.57. The molecular weight excluding hydrogens is 289 g/mol. The highest BCUT2D eigenvalue weighted by Crippen LogP contribution is 2.25. The van der Waals surface area contributed by atoms with Gasteiger partial charge < -0.3 is 10.6 Å². The van der Waals surface area contributed by atoms with Crippen molar-refractivity contribution in [1.82, 2.24) is 0 Å². The van der Waals surface area contributed by atoms with E-state index in [0.717, 1.165) is 10.9 Å². The topological polar surface area (TPSA) is 41.1 Å². The van der Waals surface area contributed by atoms with Crippen LogP contribution in [0.3, 0.4) is 0 Å². The lowest BCUT2D eigenvalue weighted by Gasteiger charge is -2.09. The van der Waals surface area contributed by atoms with Gasteiger partial charge in [0.05, 0.1) is 17.9 Å². The number of carbonyl (C=O) groups excluding carboxylic acids is 1. The number of anilines is 2. The Balaban J connectivity index is 2.11. The zero-order chi connectivity index (χ0) is 14.7. The van der Waals surface area contributed by atoms with Gasteiger partial charge in [-0.05, 0) is 11.4 Å². The Hall–Kier alpha value is -2.02. The molecule has 0 aliphatic rings. The van der Waals surface area contributed by atoms with E-state index in [9.17, 15) is 18.0 Å². The highest BCUT2D eigenvalue weighted by atomic mass is 32.1. The fourth-order valence-corrected chi connectivity index (χ4v) is 2.38. The van der Waals surface area contributed by atoms with Crippen LogP contribution < -0.4 is 10.6 Å². The molecule has 2 N–H and O–H groups in total. The first kappa shape index (κ1) is 14.4. The summed E-state index contributed by atoms with van der Waals surface area (Å²) in [6, 6.07) is 2.96. The van der Waals surface area contributed by atoms with Crippen molar-refractivity contribution in [2.45, 2.75) is 13.5 Å². The van der Waals surface area contributed by atoms with Crippen LogP contribution in [0.15, 0.2) is 23.6 Å². The van der Waals surface area contributed by atoms with Crippen LogP contribution in [0.25, 0.3) is 0 Å². The van der Waals surface area contributed by atoms with Crippen molar-refractivity contribution in [2.75, 3.05) is 10.6 Å². The Labute approximate surface area is 117 Å². The number of benzene rings is 1. The maximum absolute atomic E-state index is 13.4. The van der Waals surface area contributed by atoms with E-state index in [-0.39, 0.29) is 18.1 Å². The van der Waals surface area contributed by atoms with E-state index < -0.39 is 17.5 Å². The van der Waals surface area contributed by atoms with Gasteiger partial charge in [-0.1, -0.05) is 0 Å². The largest absolute Gasteiger partial charge is 0.378 e. The van der Waals surface area contributed by atoms with Crippen molar-refractivity contribution in [2.24, 2.45) is 0 Å². The van der Waals surface area contributed by atoms with E-state index in [0.29, 0.717) is 11.8 Å². The SMILES string of the molecule is CC(=O)Nc1ccsc1CNc1cc(F)c(F)cc1F. The molecule has 0 atom stereocenters. The van der Waals surface area contributed by atoms with Gasteiger partial charge in [-0.25, -0.2) is 13.2 Å². The summed E-state index contributed by atoms with van der Waals surface area (Å²) in [7, 11) is 0. The zero-order valence-electron chi connectivity index (χ0n) is 10.5. The third kappa shape index (κ3) is 3.30. The summed E-state index contributed by atoms with van der Waals surface area (Å²) < 4.78 is 39.3. The molecule has 0 spiro atoms. The molecule has 106 valence electrons. The van der Waals surface area contributed by atoms with Crippen molar-refractivity contribution in [3.63, 3.8) is 0 Å². The Morgan fingerprint density at radius 1 is 1.15 bits per heavy atom. The molecule has 0 aliphatic carbocycles. The summed E-state index contributed by atoms with van der Waals surface area (Å²) in [4.78, 5) is 11.7. The maximum atomic E-state index is 13.4. The van der Waals surface area contributed by atoms with Gasteiger partial charge in [-0.3, -0.25) is 4.79 Å². The second-order valence-corrected chi connectivity index (χ2v) is 5.04. The molecule has 0 saturated carbocycles. The van der Waals surface area contributed by atoms with E-state index in [1.807, 2.05) is 0 Å². The molecular formula is C13H11F3N2OS. The highest BCUT2D eigenvalue weighted by Gasteiger charge is 2.11. The first-order valence-corrected chi connectivity index (χ1v) is 6.57. The number of carbonyl (C=O) groups is 1. The lowest BCUT2D eigenvalue weighted by atomic mass is 10.2. The summed E-state index contributed by atoms with van der Waals surface area (Å²) in [5.74, 6) is -3.45. The molecule has 2 rings (SSSR count). The molecule has 1 aromatic heterocycles. The van der Waals surface area contributed by atoms with E-state index >= 15 is 0 Å². The normalized spacial score (nSPS) is 10.4. The maximum Gasteiger partial charge on any atom is 0.221 e. The molecule has 7 heteroatoms. The van der Waals surface area contributed by atoms with Gasteiger partial charge in [-0.2, -0.15) is 0 Å². The molecule has 3 nitrogen and oxygen atoms in total. The van der Waals surface area contributed by atoms with Gasteiger partial charge in [0, 0.05) is 23.9 Å². The Kier molecular flexibility index (Phi) is 4.29. The summed E-state index contributed by atoms with van der Waals surface area (Å²) in [6.07, 6.45) is 0. The van der Waals surface area contributed by atoms with E-state index in [1.165, 1.54) is 18.3 Å². The average molecular weight is 300 g/mol. The van der Waals surface area contributed by atoms with Gasteiger partial charge in [0.2, 0.25) is 5.91 Å². The lowest BCUT2D eigenvalue weighted by Crippen LogP contribution is -2.08. The van der Waals surface area contributed by atoms with Gasteiger partial charge in [0.25, 0.3) is 0 Å². The van der Waals surface area contributed by atoms with Crippen molar-refractivity contribution >= 4 is 28.6 Å². The minimum Gasteiger partial charge on any atom is -0.378 e. The molecule has 1 aromatic carbocycles. The number of nitrogens with one attached hydrogen (secondary N) is 2.